The Morgan fingerprint density at radius 3 is 2.41 bits per heavy atom. The second kappa shape index (κ2) is 5.42. The highest BCUT2D eigenvalue weighted by atomic mass is 14.6. The van der Waals surface area contributed by atoms with E-state index >= 15 is 0 Å². The Morgan fingerprint density at radius 2 is 1.73 bits per heavy atom. The summed E-state index contributed by atoms with van der Waals surface area (Å²) >= 11 is 0. The standard InChI is InChI=1S/C21H21N/c1-6-16-15(4)21(22-5)20-14(3)8-7-9-18(20)19-12-13(2)10-11-17(16)19/h6-12H,1H2,2-5H3/b22-21-. The van der Waals surface area contributed by atoms with Crippen molar-refractivity contribution < 1.29 is 0 Å². The minimum Gasteiger partial charge on any atom is -0.288 e. The Hall–Kier alpha value is -2.41. The summed E-state index contributed by atoms with van der Waals surface area (Å²) in [6.45, 7) is 10.5. The van der Waals surface area contributed by atoms with Gasteiger partial charge in [-0.1, -0.05) is 54.6 Å². The minimum atomic E-state index is 1.07. The lowest BCUT2D eigenvalue weighted by Crippen LogP contribution is -2.07. The van der Waals surface area contributed by atoms with E-state index < -0.39 is 0 Å². The van der Waals surface area contributed by atoms with Gasteiger partial charge in [0.2, 0.25) is 0 Å². The first-order chi connectivity index (χ1) is 10.6. The SMILES string of the molecule is C=Cc1c(C)/c(=N/C)c2c(C)cccc2c2cc(C)ccc12. The van der Waals surface area contributed by atoms with Crippen molar-refractivity contribution in [2.45, 2.75) is 20.8 Å². The molecule has 1 heteroatoms. The number of benzene rings is 2. The molecule has 110 valence electrons. The fourth-order valence-electron chi connectivity index (χ4n) is 3.38. The fourth-order valence-corrected chi connectivity index (χ4v) is 3.38. The molecule has 0 heterocycles. The van der Waals surface area contributed by atoms with Gasteiger partial charge in [0, 0.05) is 12.4 Å². The molecule has 0 radical (unpaired) electrons. The third-order valence-corrected chi connectivity index (χ3v) is 4.45. The summed E-state index contributed by atoms with van der Waals surface area (Å²) in [5, 5.41) is 6.08. The van der Waals surface area contributed by atoms with Crippen LogP contribution in [0.2, 0.25) is 0 Å². The molecule has 3 aromatic carbocycles. The number of aryl methyl sites for hydroxylation is 2. The van der Waals surface area contributed by atoms with E-state index in [2.05, 4.69) is 68.7 Å². The smallest absolute Gasteiger partial charge is 0.0687 e. The summed E-state index contributed by atoms with van der Waals surface area (Å²) < 4.78 is 0. The summed E-state index contributed by atoms with van der Waals surface area (Å²) in [5.74, 6) is 0. The fraction of sp³-hybridized carbons (Fsp3) is 0.190. The minimum absolute atomic E-state index is 1.07. The van der Waals surface area contributed by atoms with Gasteiger partial charge >= 0.3 is 0 Å². The van der Waals surface area contributed by atoms with Crippen molar-refractivity contribution in [3.63, 3.8) is 0 Å². The maximum absolute atomic E-state index is 4.61. The molecule has 0 amide bonds. The lowest BCUT2D eigenvalue weighted by Gasteiger charge is -2.03. The molecule has 0 unspecified atom stereocenters. The number of hydrogen-bond donors (Lipinski definition) is 0. The Balaban J connectivity index is 2.86. The van der Waals surface area contributed by atoms with Gasteiger partial charge in [0.05, 0.1) is 5.36 Å². The molecule has 0 aliphatic carbocycles. The van der Waals surface area contributed by atoms with Gasteiger partial charge in [-0.2, -0.15) is 0 Å². The van der Waals surface area contributed by atoms with Crippen molar-refractivity contribution in [1.82, 2.24) is 0 Å². The van der Waals surface area contributed by atoms with Crippen LogP contribution in [0.25, 0.3) is 27.6 Å². The van der Waals surface area contributed by atoms with Crippen molar-refractivity contribution in [3.05, 3.63) is 70.6 Å². The van der Waals surface area contributed by atoms with Crippen LogP contribution in [0.15, 0.2) is 48.0 Å². The molecule has 0 atom stereocenters. The highest BCUT2D eigenvalue weighted by molar-refractivity contribution is 6.10. The molecule has 0 spiro atoms. The van der Waals surface area contributed by atoms with Gasteiger partial charge in [-0.15, -0.1) is 0 Å². The zero-order valence-electron chi connectivity index (χ0n) is 13.7. The third-order valence-electron chi connectivity index (χ3n) is 4.45. The Morgan fingerprint density at radius 1 is 0.955 bits per heavy atom. The molecule has 0 aliphatic heterocycles. The van der Waals surface area contributed by atoms with Gasteiger partial charge in [-0.05, 0) is 53.6 Å². The van der Waals surface area contributed by atoms with E-state index in [-0.39, 0.29) is 0 Å². The summed E-state index contributed by atoms with van der Waals surface area (Å²) in [6.07, 6.45) is 1.95. The topological polar surface area (TPSA) is 12.4 Å². The first-order valence-corrected chi connectivity index (χ1v) is 7.60. The van der Waals surface area contributed by atoms with Crippen LogP contribution in [0, 0.1) is 20.8 Å². The second-order valence-electron chi connectivity index (χ2n) is 5.86. The Labute approximate surface area is 131 Å². The molecule has 0 saturated carbocycles. The van der Waals surface area contributed by atoms with Crippen molar-refractivity contribution >= 4 is 27.6 Å². The normalized spacial score (nSPS) is 12.1. The summed E-state index contributed by atoms with van der Waals surface area (Å²) in [4.78, 5) is 4.61. The number of fused-ring (bicyclic) bond motifs is 3. The first-order valence-electron chi connectivity index (χ1n) is 7.60. The molecule has 0 aliphatic rings. The van der Waals surface area contributed by atoms with Gasteiger partial charge in [0.1, 0.15) is 0 Å². The number of hydrogen-bond acceptors (Lipinski definition) is 1. The second-order valence-corrected chi connectivity index (χ2v) is 5.86. The third kappa shape index (κ3) is 2.05. The van der Waals surface area contributed by atoms with Crippen LogP contribution in [-0.4, -0.2) is 7.05 Å². The van der Waals surface area contributed by atoms with Crippen LogP contribution in [0.1, 0.15) is 22.3 Å². The van der Waals surface area contributed by atoms with E-state index in [1.54, 1.807) is 0 Å². The summed E-state index contributed by atoms with van der Waals surface area (Å²) in [5.41, 5.74) is 4.89. The van der Waals surface area contributed by atoms with Gasteiger partial charge in [-0.3, -0.25) is 4.99 Å². The van der Waals surface area contributed by atoms with E-state index in [1.807, 2.05) is 13.1 Å². The first kappa shape index (κ1) is 14.5. The molecular weight excluding hydrogens is 266 g/mol. The van der Waals surface area contributed by atoms with E-state index in [0.717, 1.165) is 5.36 Å². The average molecular weight is 287 g/mol. The molecular formula is C21H21N. The Kier molecular flexibility index (Phi) is 3.58. The van der Waals surface area contributed by atoms with Crippen molar-refractivity contribution in [1.29, 1.82) is 0 Å². The molecule has 0 N–H and O–H groups in total. The molecule has 22 heavy (non-hydrogen) atoms. The van der Waals surface area contributed by atoms with E-state index in [1.165, 1.54) is 43.8 Å². The molecule has 3 rings (SSSR count). The van der Waals surface area contributed by atoms with Crippen LogP contribution >= 0.6 is 0 Å². The molecule has 0 aromatic heterocycles. The zero-order chi connectivity index (χ0) is 15.9. The number of nitrogens with zero attached hydrogens (tertiary/aromatic N) is 1. The predicted molar refractivity (Wildman–Crippen MR) is 97.2 cm³/mol. The quantitative estimate of drug-likeness (QED) is 0.591. The lowest BCUT2D eigenvalue weighted by atomic mass is 10.0. The molecule has 0 bridgehead atoms. The maximum atomic E-state index is 4.61. The molecule has 0 fully saturated rings. The Bertz CT molecular complexity index is 978. The summed E-state index contributed by atoms with van der Waals surface area (Å²) in [6, 6.07) is 13.1. The van der Waals surface area contributed by atoms with Gasteiger partial charge in [0.15, 0.2) is 0 Å². The van der Waals surface area contributed by atoms with Crippen LogP contribution in [0.3, 0.4) is 0 Å². The zero-order valence-corrected chi connectivity index (χ0v) is 13.7. The highest BCUT2D eigenvalue weighted by Crippen LogP contribution is 2.29. The van der Waals surface area contributed by atoms with Crippen molar-refractivity contribution in [2.75, 3.05) is 7.05 Å². The van der Waals surface area contributed by atoms with Crippen LogP contribution in [0.4, 0.5) is 0 Å². The van der Waals surface area contributed by atoms with E-state index in [9.17, 15) is 0 Å². The summed E-state index contributed by atoms with van der Waals surface area (Å²) in [7, 11) is 1.87. The van der Waals surface area contributed by atoms with Crippen LogP contribution in [0.5, 0.6) is 0 Å². The van der Waals surface area contributed by atoms with Crippen LogP contribution < -0.4 is 5.36 Å². The molecule has 0 saturated heterocycles. The molecule has 1 nitrogen and oxygen atoms in total. The number of rotatable bonds is 1. The van der Waals surface area contributed by atoms with E-state index in [4.69, 9.17) is 0 Å². The van der Waals surface area contributed by atoms with Gasteiger partial charge in [0.25, 0.3) is 0 Å². The average Bonchev–Trinajstić information content (AvgIpc) is 2.60. The van der Waals surface area contributed by atoms with Crippen molar-refractivity contribution in [3.8, 4) is 0 Å². The van der Waals surface area contributed by atoms with E-state index in [0.29, 0.717) is 0 Å². The highest BCUT2D eigenvalue weighted by Gasteiger charge is 2.10. The largest absolute Gasteiger partial charge is 0.288 e. The maximum Gasteiger partial charge on any atom is 0.0687 e. The van der Waals surface area contributed by atoms with Crippen molar-refractivity contribution in [2.24, 2.45) is 4.99 Å². The molecule has 3 aromatic rings. The lowest BCUT2D eigenvalue weighted by molar-refractivity contribution is 1.24. The van der Waals surface area contributed by atoms with Gasteiger partial charge in [-0.25, -0.2) is 0 Å². The monoisotopic (exact) mass is 287 g/mol. The van der Waals surface area contributed by atoms with Gasteiger partial charge < -0.3 is 0 Å². The van der Waals surface area contributed by atoms with Crippen LogP contribution in [-0.2, 0) is 0 Å². The predicted octanol–water partition coefficient (Wildman–Crippen LogP) is 5.09.